The maximum atomic E-state index is 13.2. The number of sulfone groups is 1. The molecule has 14 heteroatoms. The molecule has 2 aromatic heterocycles. The Morgan fingerprint density at radius 1 is 1.29 bits per heavy atom. The summed E-state index contributed by atoms with van der Waals surface area (Å²) in [4.78, 5) is 19.2. The third-order valence-electron chi connectivity index (χ3n) is 5.25. The Balaban J connectivity index is 1.67. The van der Waals surface area contributed by atoms with Crippen molar-refractivity contribution in [3.05, 3.63) is 53.3 Å². The van der Waals surface area contributed by atoms with Crippen LogP contribution in [-0.2, 0) is 22.1 Å². The number of ether oxygens (including phenoxy) is 1. The molecule has 206 valence electrons. The number of hydrogen-bond acceptors (Lipinski definition) is 10. The Kier molecular flexibility index (Phi) is 9.94. The highest BCUT2D eigenvalue weighted by Crippen LogP contribution is 2.29. The van der Waals surface area contributed by atoms with E-state index in [1.807, 2.05) is 51.9 Å². The number of urea groups is 1. The maximum absolute atomic E-state index is 13.2. The summed E-state index contributed by atoms with van der Waals surface area (Å²) in [6.45, 7) is 11.3. The van der Waals surface area contributed by atoms with Gasteiger partial charge in [0.25, 0.3) is 0 Å². The average molecular weight is 563 g/mol. The van der Waals surface area contributed by atoms with Crippen LogP contribution in [0.2, 0.25) is 0 Å². The molecule has 0 bridgehead atoms. The average Bonchev–Trinajstić information content (AvgIpc) is 3.47. The maximum Gasteiger partial charge on any atom is 0.325 e. The summed E-state index contributed by atoms with van der Waals surface area (Å²) in [6, 6.07) is 4.98. The van der Waals surface area contributed by atoms with Crippen LogP contribution >= 0.6 is 11.3 Å². The van der Waals surface area contributed by atoms with Gasteiger partial charge in [-0.15, -0.1) is 23.0 Å². The van der Waals surface area contributed by atoms with Crippen molar-refractivity contribution in [3.63, 3.8) is 0 Å². The number of nitrogens with zero attached hydrogens (tertiary/aromatic N) is 6. The van der Waals surface area contributed by atoms with Crippen LogP contribution in [0.5, 0.6) is 5.75 Å². The second-order valence-corrected chi connectivity index (χ2v) is 12.7. The van der Waals surface area contributed by atoms with Crippen molar-refractivity contribution in [1.29, 1.82) is 0 Å². The first-order chi connectivity index (χ1) is 18.0. The second-order valence-electron chi connectivity index (χ2n) is 9.44. The van der Waals surface area contributed by atoms with Crippen LogP contribution in [0.15, 0.2) is 37.1 Å². The van der Waals surface area contributed by atoms with Gasteiger partial charge in [-0.25, -0.2) is 22.9 Å². The Morgan fingerprint density at radius 3 is 2.74 bits per heavy atom. The number of carbonyl (C=O) groups is 1. The first-order valence-corrected chi connectivity index (χ1v) is 14.5. The third-order valence-corrected chi connectivity index (χ3v) is 8.23. The number of carbonyl (C=O) groups excluding carboxylic acids is 1. The molecule has 0 saturated carbocycles. The lowest BCUT2D eigenvalue weighted by molar-refractivity contribution is 0.260. The number of aromatic nitrogens is 5. The molecular weight excluding hydrogens is 528 g/mol. The van der Waals surface area contributed by atoms with Gasteiger partial charge >= 0.3 is 6.03 Å². The van der Waals surface area contributed by atoms with Gasteiger partial charge in [0.15, 0.2) is 20.8 Å². The van der Waals surface area contributed by atoms with Gasteiger partial charge in [0.1, 0.15) is 11.0 Å². The molecule has 1 atom stereocenters. The van der Waals surface area contributed by atoms with E-state index in [1.165, 1.54) is 17.0 Å². The molecule has 2 N–H and O–H groups in total. The summed E-state index contributed by atoms with van der Waals surface area (Å²) in [5, 5.41) is 16.1. The number of thiazole rings is 1. The Bertz CT molecular complexity index is 1350. The van der Waals surface area contributed by atoms with Gasteiger partial charge in [-0.05, 0) is 55.1 Å². The highest BCUT2D eigenvalue weighted by Gasteiger charge is 2.30. The molecule has 0 radical (unpaired) electrons. The molecule has 2 amide bonds. The summed E-state index contributed by atoms with van der Waals surface area (Å²) in [5.74, 6) is 0.797. The zero-order chi connectivity index (χ0) is 27.9. The highest BCUT2D eigenvalue weighted by atomic mass is 32.2. The summed E-state index contributed by atoms with van der Waals surface area (Å²) < 4.78 is 33.8. The topological polar surface area (TPSA) is 144 Å². The molecule has 0 aliphatic heterocycles. The van der Waals surface area contributed by atoms with Crippen molar-refractivity contribution < 1.29 is 17.9 Å². The lowest BCUT2D eigenvalue weighted by Crippen LogP contribution is -2.23. The number of nitrogens with one attached hydrogen (secondary N) is 2. The highest BCUT2D eigenvalue weighted by molar-refractivity contribution is 7.91. The fourth-order valence-corrected chi connectivity index (χ4v) is 6.13. The zero-order valence-electron chi connectivity index (χ0n) is 22.2. The van der Waals surface area contributed by atoms with Gasteiger partial charge < -0.3 is 15.0 Å². The molecule has 0 aliphatic rings. The molecule has 1 unspecified atom stereocenters. The van der Waals surface area contributed by atoms with E-state index in [0.717, 1.165) is 16.9 Å². The lowest BCUT2D eigenvalue weighted by atomic mass is 10.2. The number of tetrazole rings is 1. The van der Waals surface area contributed by atoms with Crippen molar-refractivity contribution in [2.45, 2.75) is 38.3 Å². The molecule has 0 fully saturated rings. The standard InChI is InChI=1S/C24H34N8O4S2/c1-7-21(22-28-29-30-32(22)11-10-31(5)6)38(34,35)15-18-13-25-24(37-18)27-23(33)26-19-9-8-17(4)12-20(19)36-14-16(2)3/h7-9,12-13,16,21H,1,10-11,14-15H2,2-6H3,(H2,25,26,27,33). The zero-order valence-corrected chi connectivity index (χ0v) is 23.8. The molecule has 38 heavy (non-hydrogen) atoms. The molecule has 0 aliphatic carbocycles. The van der Waals surface area contributed by atoms with Crippen LogP contribution in [0.1, 0.15) is 35.4 Å². The summed E-state index contributed by atoms with van der Waals surface area (Å²) in [6.07, 6.45) is 2.75. The molecule has 1 aromatic carbocycles. The van der Waals surface area contributed by atoms with Gasteiger partial charge in [-0.3, -0.25) is 5.32 Å². The van der Waals surface area contributed by atoms with E-state index in [1.54, 1.807) is 6.07 Å². The number of amides is 2. The van der Waals surface area contributed by atoms with Crippen LogP contribution in [0, 0.1) is 12.8 Å². The number of hydrogen-bond donors (Lipinski definition) is 2. The number of likely N-dealkylation sites (N-methyl/N-ethyl adjacent to an activating group) is 1. The quantitative estimate of drug-likeness (QED) is 0.299. The van der Waals surface area contributed by atoms with Gasteiger partial charge in [0.2, 0.25) is 0 Å². The van der Waals surface area contributed by atoms with Crippen molar-refractivity contribution in [3.8, 4) is 5.75 Å². The summed E-state index contributed by atoms with van der Waals surface area (Å²) >= 11 is 1.07. The largest absolute Gasteiger partial charge is 0.491 e. The minimum Gasteiger partial charge on any atom is -0.491 e. The van der Waals surface area contributed by atoms with E-state index in [9.17, 15) is 13.2 Å². The predicted molar refractivity (Wildman–Crippen MR) is 148 cm³/mol. The van der Waals surface area contributed by atoms with Crippen molar-refractivity contribution in [2.75, 3.05) is 37.9 Å². The molecular formula is C24H34N8O4S2. The van der Waals surface area contributed by atoms with Crippen molar-refractivity contribution in [1.82, 2.24) is 30.1 Å². The minimum atomic E-state index is -3.77. The number of rotatable bonds is 13. The summed E-state index contributed by atoms with van der Waals surface area (Å²) in [5.41, 5.74) is 1.53. The number of anilines is 2. The van der Waals surface area contributed by atoms with E-state index >= 15 is 0 Å². The van der Waals surface area contributed by atoms with E-state index in [4.69, 9.17) is 4.74 Å². The van der Waals surface area contributed by atoms with Crippen LogP contribution in [0.25, 0.3) is 0 Å². The van der Waals surface area contributed by atoms with Crippen LogP contribution in [0.4, 0.5) is 15.6 Å². The Morgan fingerprint density at radius 2 is 2.05 bits per heavy atom. The van der Waals surface area contributed by atoms with Crippen LogP contribution in [-0.4, -0.2) is 71.8 Å². The molecule has 2 heterocycles. The molecule has 3 rings (SSSR count). The molecule has 3 aromatic rings. The van der Waals surface area contributed by atoms with Gasteiger partial charge in [0.05, 0.1) is 24.6 Å². The SMILES string of the molecule is C=CC(c1nnnn1CCN(C)C)S(=O)(=O)Cc1cnc(NC(=O)Nc2ccc(C)cc2OCC(C)C)s1. The van der Waals surface area contributed by atoms with Gasteiger partial charge in [-0.2, -0.15) is 0 Å². The van der Waals surface area contributed by atoms with Crippen molar-refractivity contribution in [2.24, 2.45) is 5.92 Å². The first kappa shape index (κ1) is 29.2. The predicted octanol–water partition coefficient (Wildman–Crippen LogP) is 3.52. The van der Waals surface area contributed by atoms with Gasteiger partial charge in [0, 0.05) is 17.6 Å². The molecule has 0 spiro atoms. The monoisotopic (exact) mass is 562 g/mol. The summed E-state index contributed by atoms with van der Waals surface area (Å²) in [7, 11) is 0.0433. The lowest BCUT2D eigenvalue weighted by Gasteiger charge is -2.15. The molecule has 12 nitrogen and oxygen atoms in total. The second kappa shape index (κ2) is 12.9. The van der Waals surface area contributed by atoms with E-state index < -0.39 is 21.1 Å². The van der Waals surface area contributed by atoms with E-state index in [2.05, 4.69) is 37.7 Å². The van der Waals surface area contributed by atoms with E-state index in [0.29, 0.717) is 41.9 Å². The smallest absolute Gasteiger partial charge is 0.325 e. The minimum absolute atomic E-state index is 0.206. The van der Waals surface area contributed by atoms with Gasteiger partial charge in [-0.1, -0.05) is 26.0 Å². The first-order valence-electron chi connectivity index (χ1n) is 12.0. The van der Waals surface area contributed by atoms with Crippen LogP contribution < -0.4 is 15.4 Å². The number of benzene rings is 1. The Hall–Kier alpha value is -3.36. The van der Waals surface area contributed by atoms with Crippen LogP contribution in [0.3, 0.4) is 0 Å². The van der Waals surface area contributed by atoms with Crippen molar-refractivity contribution >= 4 is 38.0 Å². The molecule has 0 saturated heterocycles. The number of aryl methyl sites for hydroxylation is 1. The fraction of sp³-hybridized carbons (Fsp3) is 0.458. The third kappa shape index (κ3) is 8.07. The fourth-order valence-electron chi connectivity index (χ4n) is 3.36. The van der Waals surface area contributed by atoms with E-state index in [-0.39, 0.29) is 16.7 Å². The Labute approximate surface area is 227 Å². The normalized spacial score (nSPS) is 12.5.